The van der Waals surface area contributed by atoms with Gasteiger partial charge < -0.3 is 20.4 Å². The Bertz CT molecular complexity index is 1170. The summed E-state index contributed by atoms with van der Waals surface area (Å²) in [5.74, 6) is 0.845. The molecule has 1 aromatic carbocycles. The van der Waals surface area contributed by atoms with Gasteiger partial charge in [-0.1, -0.05) is 31.2 Å². The molecule has 3 heterocycles. The zero-order valence-corrected chi connectivity index (χ0v) is 19.3. The number of anilines is 2. The number of hydrogen-bond acceptors (Lipinski definition) is 8. The predicted octanol–water partition coefficient (Wildman–Crippen LogP) is 3.13. The lowest BCUT2D eigenvalue weighted by molar-refractivity contribution is -0.127. The van der Waals surface area contributed by atoms with E-state index in [0.717, 1.165) is 69.5 Å². The molecular weight excluding hydrogens is 430 g/mol. The van der Waals surface area contributed by atoms with Gasteiger partial charge in [0.2, 0.25) is 5.91 Å². The van der Waals surface area contributed by atoms with Crippen molar-refractivity contribution in [1.29, 1.82) is 5.41 Å². The molecule has 0 radical (unpaired) electrons. The van der Waals surface area contributed by atoms with E-state index in [1.54, 1.807) is 6.26 Å². The molecule has 9 nitrogen and oxygen atoms in total. The van der Waals surface area contributed by atoms with E-state index in [1.165, 1.54) is 12.4 Å². The monoisotopic (exact) mass is 461 g/mol. The number of piperazine rings is 1. The highest BCUT2D eigenvalue weighted by Crippen LogP contribution is 2.27. The molecule has 1 saturated heterocycles. The summed E-state index contributed by atoms with van der Waals surface area (Å²) in [6, 6.07) is 7.61. The first-order valence-electron chi connectivity index (χ1n) is 11.6. The van der Waals surface area contributed by atoms with Crippen LogP contribution in [0.25, 0.3) is 11.0 Å². The molecule has 1 aliphatic heterocycles. The second-order valence-electron chi connectivity index (χ2n) is 8.36. The number of rotatable bonds is 10. The van der Waals surface area contributed by atoms with Crippen molar-refractivity contribution in [3.8, 4) is 0 Å². The maximum atomic E-state index is 11.7. The standard InChI is InChI=1S/C25H31N7O2/c1-2-21(33)32-14-12-31(13-15-32)11-7-3-6-10-28-25-22(24(27)29-17-30-25)23(26)19-16-34-20-9-5-4-8-18(19)20/h2,4-5,8-9,16-17,26H,1,3,6-7,10-15H2,(H3,27,28,29,30). The minimum absolute atomic E-state index is 0.0180. The second-order valence-corrected chi connectivity index (χ2v) is 8.36. The SMILES string of the molecule is C=CC(=O)N1CCN(CCCCCNc2ncnc(N)c2C(=N)c2coc3ccccc23)CC1. The van der Waals surface area contributed by atoms with E-state index in [-0.39, 0.29) is 17.4 Å². The van der Waals surface area contributed by atoms with Crippen LogP contribution in [-0.4, -0.2) is 70.7 Å². The van der Waals surface area contributed by atoms with Crippen LogP contribution in [0, 0.1) is 5.41 Å². The van der Waals surface area contributed by atoms with E-state index in [2.05, 4.69) is 26.8 Å². The van der Waals surface area contributed by atoms with E-state index in [0.29, 0.717) is 16.9 Å². The van der Waals surface area contributed by atoms with Gasteiger partial charge in [0.25, 0.3) is 0 Å². The summed E-state index contributed by atoms with van der Waals surface area (Å²) in [5, 5.41) is 13.0. The summed E-state index contributed by atoms with van der Waals surface area (Å²) in [4.78, 5) is 24.4. The summed E-state index contributed by atoms with van der Waals surface area (Å²) in [6.07, 6.45) is 7.51. The number of amides is 1. The van der Waals surface area contributed by atoms with Crippen LogP contribution in [0.3, 0.4) is 0 Å². The normalized spacial score (nSPS) is 14.3. The van der Waals surface area contributed by atoms with Gasteiger partial charge in [0.05, 0.1) is 11.3 Å². The van der Waals surface area contributed by atoms with Crippen molar-refractivity contribution in [3.05, 3.63) is 60.6 Å². The molecule has 4 N–H and O–H groups in total. The molecule has 1 fully saturated rings. The lowest BCUT2D eigenvalue weighted by atomic mass is 10.0. The topological polar surface area (TPSA) is 124 Å². The van der Waals surface area contributed by atoms with Crippen molar-refractivity contribution in [2.75, 3.05) is 50.3 Å². The Morgan fingerprint density at radius 2 is 1.97 bits per heavy atom. The molecule has 34 heavy (non-hydrogen) atoms. The van der Waals surface area contributed by atoms with Gasteiger partial charge in [-0.25, -0.2) is 9.97 Å². The van der Waals surface area contributed by atoms with Gasteiger partial charge in [-0.2, -0.15) is 0 Å². The van der Waals surface area contributed by atoms with E-state index in [1.807, 2.05) is 29.2 Å². The van der Waals surface area contributed by atoms with Gasteiger partial charge in [-0.15, -0.1) is 0 Å². The number of nitrogens with two attached hydrogens (primary N) is 1. The number of nitrogens with one attached hydrogen (secondary N) is 2. The Labute approximate surface area is 199 Å². The summed E-state index contributed by atoms with van der Waals surface area (Å²) in [6.45, 7) is 8.66. The summed E-state index contributed by atoms with van der Waals surface area (Å²) in [7, 11) is 0. The first-order valence-corrected chi connectivity index (χ1v) is 11.6. The second kappa shape index (κ2) is 10.9. The molecule has 2 aromatic heterocycles. The maximum Gasteiger partial charge on any atom is 0.246 e. The Morgan fingerprint density at radius 1 is 1.18 bits per heavy atom. The molecule has 3 aromatic rings. The number of hydrogen-bond donors (Lipinski definition) is 3. The van der Waals surface area contributed by atoms with Gasteiger partial charge in [0.1, 0.15) is 29.8 Å². The average Bonchev–Trinajstić information content (AvgIpc) is 3.30. The molecule has 0 atom stereocenters. The van der Waals surface area contributed by atoms with Gasteiger partial charge >= 0.3 is 0 Å². The molecule has 0 saturated carbocycles. The van der Waals surface area contributed by atoms with Crippen LogP contribution in [-0.2, 0) is 4.79 Å². The van der Waals surface area contributed by atoms with Crippen LogP contribution in [0.4, 0.5) is 11.6 Å². The van der Waals surface area contributed by atoms with E-state index in [9.17, 15) is 4.79 Å². The summed E-state index contributed by atoms with van der Waals surface area (Å²) >= 11 is 0. The number of unbranched alkanes of at least 4 members (excludes halogenated alkanes) is 2. The van der Waals surface area contributed by atoms with Crippen molar-refractivity contribution < 1.29 is 9.21 Å². The number of carbonyl (C=O) groups excluding carboxylic acids is 1. The van der Waals surface area contributed by atoms with Gasteiger partial charge in [0.15, 0.2) is 0 Å². The third-order valence-electron chi connectivity index (χ3n) is 6.18. The van der Waals surface area contributed by atoms with Crippen LogP contribution in [0.15, 0.2) is 53.9 Å². The Balaban J connectivity index is 1.27. The smallest absolute Gasteiger partial charge is 0.246 e. The molecule has 4 rings (SSSR count). The zero-order chi connectivity index (χ0) is 23.9. The maximum absolute atomic E-state index is 11.7. The van der Waals surface area contributed by atoms with Crippen molar-refractivity contribution >= 4 is 34.2 Å². The highest BCUT2D eigenvalue weighted by Gasteiger charge is 2.20. The summed E-state index contributed by atoms with van der Waals surface area (Å²) in [5.41, 5.74) is 8.25. The molecule has 0 aliphatic carbocycles. The Morgan fingerprint density at radius 3 is 2.76 bits per heavy atom. The fourth-order valence-corrected chi connectivity index (χ4v) is 4.25. The lowest BCUT2D eigenvalue weighted by Gasteiger charge is -2.34. The fourth-order valence-electron chi connectivity index (χ4n) is 4.25. The first-order chi connectivity index (χ1) is 16.6. The molecule has 9 heteroatoms. The molecule has 0 spiro atoms. The number of benzene rings is 1. The summed E-state index contributed by atoms with van der Waals surface area (Å²) < 4.78 is 5.60. The van der Waals surface area contributed by atoms with Crippen LogP contribution in [0.2, 0.25) is 0 Å². The lowest BCUT2D eigenvalue weighted by Crippen LogP contribution is -2.48. The number of aromatic nitrogens is 2. The number of carbonyl (C=O) groups is 1. The van der Waals surface area contributed by atoms with Crippen LogP contribution < -0.4 is 11.1 Å². The first kappa shape index (κ1) is 23.4. The highest BCUT2D eigenvalue weighted by atomic mass is 16.3. The number of nitrogen functional groups attached to an aromatic ring is 1. The minimum atomic E-state index is 0.0180. The Hall–Kier alpha value is -3.72. The molecule has 0 unspecified atom stereocenters. The number of nitrogens with zero attached hydrogens (tertiary/aromatic N) is 4. The molecule has 1 amide bonds. The van der Waals surface area contributed by atoms with Crippen molar-refractivity contribution in [2.24, 2.45) is 0 Å². The van der Waals surface area contributed by atoms with Crippen molar-refractivity contribution in [3.63, 3.8) is 0 Å². The van der Waals surface area contributed by atoms with Gasteiger partial charge in [-0.05, 0) is 31.5 Å². The Kier molecular flexibility index (Phi) is 7.54. The van der Waals surface area contributed by atoms with Crippen LogP contribution in [0.1, 0.15) is 30.4 Å². The van der Waals surface area contributed by atoms with Crippen molar-refractivity contribution in [1.82, 2.24) is 19.8 Å². The average molecular weight is 462 g/mol. The molecule has 178 valence electrons. The quantitative estimate of drug-likeness (QED) is 0.241. The molecule has 1 aliphatic rings. The van der Waals surface area contributed by atoms with Gasteiger partial charge in [0, 0.05) is 43.7 Å². The largest absolute Gasteiger partial charge is 0.464 e. The fraction of sp³-hybridized carbons (Fsp3) is 0.360. The van der Waals surface area contributed by atoms with Gasteiger partial charge in [-0.3, -0.25) is 15.1 Å². The molecular formula is C25H31N7O2. The number of para-hydroxylation sites is 1. The predicted molar refractivity (Wildman–Crippen MR) is 134 cm³/mol. The number of furan rings is 1. The molecule has 0 bridgehead atoms. The third-order valence-corrected chi connectivity index (χ3v) is 6.18. The van der Waals surface area contributed by atoms with Crippen LogP contribution in [0.5, 0.6) is 0 Å². The van der Waals surface area contributed by atoms with Crippen LogP contribution >= 0.6 is 0 Å². The number of fused-ring (bicyclic) bond motifs is 1. The zero-order valence-electron chi connectivity index (χ0n) is 19.3. The minimum Gasteiger partial charge on any atom is -0.464 e. The highest BCUT2D eigenvalue weighted by molar-refractivity contribution is 6.21. The third kappa shape index (κ3) is 5.26. The van der Waals surface area contributed by atoms with E-state index < -0.39 is 0 Å². The van der Waals surface area contributed by atoms with E-state index >= 15 is 0 Å². The van der Waals surface area contributed by atoms with Crippen molar-refractivity contribution in [2.45, 2.75) is 19.3 Å². The van der Waals surface area contributed by atoms with E-state index in [4.69, 9.17) is 15.6 Å².